The minimum atomic E-state index is 0.275. The molecule has 2 heterocycles. The number of rotatable bonds is 3. The number of aromatic nitrogens is 2. The topological polar surface area (TPSA) is 47.1 Å². The van der Waals surface area contributed by atoms with Gasteiger partial charge in [-0.3, -0.25) is 9.58 Å². The van der Waals surface area contributed by atoms with Crippen molar-refractivity contribution in [1.29, 1.82) is 0 Å². The molecular formula is C13H24N4. The third-order valence-corrected chi connectivity index (χ3v) is 3.73. The average molecular weight is 236 g/mol. The first-order valence-electron chi connectivity index (χ1n) is 6.41. The standard InChI is InChI=1S/C13H24N4/c1-10(5-14)11-6-15-17(7-11)12-8-16(9-12)13(2,3)4/h6-7,10,12H,5,8-9,14H2,1-4H3. The highest BCUT2D eigenvalue weighted by Gasteiger charge is 2.35. The fourth-order valence-electron chi connectivity index (χ4n) is 2.11. The van der Waals surface area contributed by atoms with Gasteiger partial charge in [-0.05, 0) is 38.8 Å². The van der Waals surface area contributed by atoms with Gasteiger partial charge in [-0.25, -0.2) is 0 Å². The Kier molecular flexibility index (Phi) is 3.27. The van der Waals surface area contributed by atoms with Crippen LogP contribution in [0.5, 0.6) is 0 Å². The molecule has 0 aromatic carbocycles. The molecular weight excluding hydrogens is 212 g/mol. The zero-order chi connectivity index (χ0) is 12.6. The number of nitrogens with zero attached hydrogens (tertiary/aromatic N) is 3. The first-order valence-corrected chi connectivity index (χ1v) is 6.41. The summed E-state index contributed by atoms with van der Waals surface area (Å²) in [6.07, 6.45) is 4.11. The third kappa shape index (κ3) is 2.53. The van der Waals surface area contributed by atoms with Gasteiger partial charge in [0.2, 0.25) is 0 Å². The van der Waals surface area contributed by atoms with Crippen LogP contribution in [0.25, 0.3) is 0 Å². The molecule has 1 aliphatic heterocycles. The summed E-state index contributed by atoms with van der Waals surface area (Å²) in [7, 11) is 0. The molecule has 0 saturated carbocycles. The van der Waals surface area contributed by atoms with Crippen LogP contribution in [0.1, 0.15) is 45.2 Å². The van der Waals surface area contributed by atoms with Gasteiger partial charge in [0.1, 0.15) is 0 Å². The summed E-state index contributed by atoms with van der Waals surface area (Å²) in [5.74, 6) is 0.405. The Morgan fingerprint density at radius 3 is 2.65 bits per heavy atom. The summed E-state index contributed by atoms with van der Waals surface area (Å²) < 4.78 is 2.10. The van der Waals surface area contributed by atoms with Crippen LogP contribution in [0.2, 0.25) is 0 Å². The second kappa shape index (κ2) is 4.42. The Balaban J connectivity index is 1.95. The molecule has 1 aromatic heterocycles. The van der Waals surface area contributed by atoms with Crippen LogP contribution in [0.4, 0.5) is 0 Å². The van der Waals surface area contributed by atoms with Crippen LogP contribution in [0, 0.1) is 0 Å². The summed E-state index contributed by atoms with van der Waals surface area (Å²) in [4.78, 5) is 2.48. The van der Waals surface area contributed by atoms with Gasteiger partial charge in [0.25, 0.3) is 0 Å². The van der Waals surface area contributed by atoms with Crippen molar-refractivity contribution in [1.82, 2.24) is 14.7 Å². The Morgan fingerprint density at radius 1 is 1.47 bits per heavy atom. The fraction of sp³-hybridized carbons (Fsp3) is 0.769. The molecule has 1 aliphatic rings. The quantitative estimate of drug-likeness (QED) is 0.867. The molecule has 0 amide bonds. The predicted molar refractivity (Wildman–Crippen MR) is 70.1 cm³/mol. The molecule has 2 N–H and O–H groups in total. The van der Waals surface area contributed by atoms with Crippen LogP contribution < -0.4 is 5.73 Å². The lowest BCUT2D eigenvalue weighted by molar-refractivity contribution is 0.0154. The monoisotopic (exact) mass is 236 g/mol. The van der Waals surface area contributed by atoms with Gasteiger partial charge in [-0.1, -0.05) is 6.92 Å². The highest BCUT2D eigenvalue weighted by atomic mass is 15.4. The highest BCUT2D eigenvalue weighted by molar-refractivity contribution is 5.11. The van der Waals surface area contributed by atoms with Gasteiger partial charge in [-0.2, -0.15) is 5.10 Å². The lowest BCUT2D eigenvalue weighted by atomic mass is 9.98. The van der Waals surface area contributed by atoms with Gasteiger partial charge in [-0.15, -0.1) is 0 Å². The molecule has 1 saturated heterocycles. The van der Waals surface area contributed by atoms with Crippen LogP contribution in [-0.2, 0) is 0 Å². The van der Waals surface area contributed by atoms with Crippen molar-refractivity contribution in [3.05, 3.63) is 18.0 Å². The Hall–Kier alpha value is -0.870. The van der Waals surface area contributed by atoms with E-state index in [-0.39, 0.29) is 5.54 Å². The average Bonchev–Trinajstić information content (AvgIpc) is 2.61. The van der Waals surface area contributed by atoms with Gasteiger partial charge in [0.15, 0.2) is 0 Å². The van der Waals surface area contributed by atoms with Crippen LogP contribution in [-0.4, -0.2) is 39.9 Å². The molecule has 0 bridgehead atoms. The lowest BCUT2D eigenvalue weighted by Crippen LogP contribution is -2.56. The van der Waals surface area contributed by atoms with Gasteiger partial charge < -0.3 is 5.73 Å². The first-order chi connectivity index (χ1) is 7.91. The molecule has 1 aromatic rings. The van der Waals surface area contributed by atoms with E-state index in [1.54, 1.807) is 0 Å². The lowest BCUT2D eigenvalue weighted by Gasteiger charge is -2.47. The maximum absolute atomic E-state index is 5.67. The van der Waals surface area contributed by atoms with Gasteiger partial charge in [0, 0.05) is 24.8 Å². The van der Waals surface area contributed by atoms with Crippen molar-refractivity contribution in [3.63, 3.8) is 0 Å². The zero-order valence-electron chi connectivity index (χ0n) is 11.3. The number of likely N-dealkylation sites (tertiary alicyclic amines) is 1. The smallest absolute Gasteiger partial charge is 0.0773 e. The number of hydrogen-bond donors (Lipinski definition) is 1. The summed E-state index contributed by atoms with van der Waals surface area (Å²) in [6.45, 7) is 11.8. The molecule has 0 radical (unpaired) electrons. The largest absolute Gasteiger partial charge is 0.330 e. The minimum Gasteiger partial charge on any atom is -0.330 e. The van der Waals surface area contributed by atoms with Crippen molar-refractivity contribution in [2.75, 3.05) is 19.6 Å². The van der Waals surface area contributed by atoms with Crippen molar-refractivity contribution in [2.45, 2.75) is 45.2 Å². The van der Waals surface area contributed by atoms with Crippen LogP contribution in [0.15, 0.2) is 12.4 Å². The van der Waals surface area contributed by atoms with E-state index in [1.807, 2.05) is 6.20 Å². The van der Waals surface area contributed by atoms with E-state index in [0.29, 0.717) is 18.5 Å². The van der Waals surface area contributed by atoms with Crippen molar-refractivity contribution in [3.8, 4) is 0 Å². The summed E-state index contributed by atoms with van der Waals surface area (Å²) in [5, 5.41) is 4.46. The van der Waals surface area contributed by atoms with E-state index in [2.05, 4.69) is 48.6 Å². The molecule has 2 rings (SSSR count). The maximum Gasteiger partial charge on any atom is 0.0773 e. The molecule has 4 nitrogen and oxygen atoms in total. The summed E-state index contributed by atoms with van der Waals surface area (Å²) in [6, 6.07) is 0.535. The molecule has 1 atom stereocenters. The highest BCUT2D eigenvalue weighted by Crippen LogP contribution is 2.28. The third-order valence-electron chi connectivity index (χ3n) is 3.73. The van der Waals surface area contributed by atoms with E-state index in [9.17, 15) is 0 Å². The van der Waals surface area contributed by atoms with E-state index in [4.69, 9.17) is 5.73 Å². The Bertz CT molecular complexity index is 371. The first kappa shape index (κ1) is 12.6. The second-order valence-electron chi connectivity index (χ2n) is 6.12. The molecule has 0 spiro atoms. The molecule has 4 heteroatoms. The normalized spacial score (nSPS) is 20.3. The molecule has 1 fully saturated rings. The van der Waals surface area contributed by atoms with E-state index in [0.717, 1.165) is 13.1 Å². The number of hydrogen-bond acceptors (Lipinski definition) is 3. The molecule has 17 heavy (non-hydrogen) atoms. The Morgan fingerprint density at radius 2 is 2.12 bits per heavy atom. The summed E-state index contributed by atoms with van der Waals surface area (Å²) >= 11 is 0. The Labute approximate surface area is 104 Å². The predicted octanol–water partition coefficient (Wildman–Crippen LogP) is 1.60. The van der Waals surface area contributed by atoms with Gasteiger partial charge >= 0.3 is 0 Å². The maximum atomic E-state index is 5.67. The van der Waals surface area contributed by atoms with Crippen molar-refractivity contribution in [2.24, 2.45) is 5.73 Å². The summed E-state index contributed by atoms with van der Waals surface area (Å²) in [5.41, 5.74) is 7.20. The van der Waals surface area contributed by atoms with Crippen molar-refractivity contribution >= 4 is 0 Å². The minimum absolute atomic E-state index is 0.275. The molecule has 96 valence electrons. The van der Waals surface area contributed by atoms with Crippen LogP contribution in [0.3, 0.4) is 0 Å². The van der Waals surface area contributed by atoms with E-state index >= 15 is 0 Å². The van der Waals surface area contributed by atoms with E-state index < -0.39 is 0 Å². The van der Waals surface area contributed by atoms with Gasteiger partial charge in [0.05, 0.1) is 12.2 Å². The molecule has 0 aliphatic carbocycles. The van der Waals surface area contributed by atoms with Crippen molar-refractivity contribution < 1.29 is 0 Å². The number of nitrogens with two attached hydrogens (primary N) is 1. The fourth-order valence-corrected chi connectivity index (χ4v) is 2.11. The van der Waals surface area contributed by atoms with E-state index in [1.165, 1.54) is 5.56 Å². The second-order valence-corrected chi connectivity index (χ2v) is 6.12. The SMILES string of the molecule is CC(CN)c1cnn(C2CN(C(C)(C)C)C2)c1. The molecule has 1 unspecified atom stereocenters. The van der Waals surface area contributed by atoms with Crippen LogP contribution >= 0.6 is 0 Å². The zero-order valence-corrected chi connectivity index (χ0v) is 11.3.